The molecular formula is C10H19NO4S. The van der Waals surface area contributed by atoms with E-state index in [0.717, 1.165) is 6.42 Å². The molecule has 1 atom stereocenters. The second-order valence-corrected chi connectivity index (χ2v) is 6.34. The second-order valence-electron chi connectivity index (χ2n) is 4.25. The van der Waals surface area contributed by atoms with E-state index in [-0.39, 0.29) is 18.1 Å². The standard InChI is InChI=1S/C10H19NO4S/c1-9-5-6-11(8-9)16(13,14)7-3-4-10(12)15-2/h9H,3-8H2,1-2H3. The summed E-state index contributed by atoms with van der Waals surface area (Å²) in [4.78, 5) is 10.8. The molecule has 1 heterocycles. The molecule has 0 radical (unpaired) electrons. The zero-order valence-electron chi connectivity index (χ0n) is 9.81. The summed E-state index contributed by atoms with van der Waals surface area (Å²) in [6.07, 6.45) is 1.43. The van der Waals surface area contributed by atoms with Gasteiger partial charge in [-0.3, -0.25) is 4.79 Å². The van der Waals surface area contributed by atoms with Gasteiger partial charge < -0.3 is 4.74 Å². The highest BCUT2D eigenvalue weighted by molar-refractivity contribution is 7.89. The number of rotatable bonds is 5. The fraction of sp³-hybridized carbons (Fsp3) is 0.900. The number of methoxy groups -OCH3 is 1. The number of esters is 1. The molecule has 1 saturated heterocycles. The van der Waals surface area contributed by atoms with Gasteiger partial charge >= 0.3 is 5.97 Å². The van der Waals surface area contributed by atoms with Crippen molar-refractivity contribution in [2.75, 3.05) is 26.0 Å². The van der Waals surface area contributed by atoms with E-state index in [9.17, 15) is 13.2 Å². The lowest BCUT2D eigenvalue weighted by molar-refractivity contribution is -0.140. The van der Waals surface area contributed by atoms with E-state index < -0.39 is 10.0 Å². The van der Waals surface area contributed by atoms with Crippen LogP contribution in [-0.2, 0) is 19.6 Å². The van der Waals surface area contributed by atoms with Crippen LogP contribution in [0, 0.1) is 5.92 Å². The third-order valence-electron chi connectivity index (χ3n) is 2.79. The first-order valence-corrected chi connectivity index (χ1v) is 7.11. The van der Waals surface area contributed by atoms with Crippen LogP contribution in [0.2, 0.25) is 0 Å². The molecule has 1 aliphatic rings. The van der Waals surface area contributed by atoms with Crippen molar-refractivity contribution >= 4 is 16.0 Å². The average Bonchev–Trinajstić information content (AvgIpc) is 2.65. The van der Waals surface area contributed by atoms with E-state index in [1.165, 1.54) is 11.4 Å². The van der Waals surface area contributed by atoms with Crippen molar-refractivity contribution in [3.05, 3.63) is 0 Å². The summed E-state index contributed by atoms with van der Waals surface area (Å²) < 4.78 is 29.6. The number of carbonyl (C=O) groups is 1. The van der Waals surface area contributed by atoms with Gasteiger partial charge in [-0.1, -0.05) is 6.92 Å². The van der Waals surface area contributed by atoms with Crippen molar-refractivity contribution in [2.24, 2.45) is 5.92 Å². The maximum Gasteiger partial charge on any atom is 0.305 e. The Hall–Kier alpha value is -0.620. The van der Waals surface area contributed by atoms with Gasteiger partial charge in [0.05, 0.1) is 12.9 Å². The lowest BCUT2D eigenvalue weighted by Gasteiger charge is -2.15. The smallest absolute Gasteiger partial charge is 0.305 e. The van der Waals surface area contributed by atoms with Crippen molar-refractivity contribution < 1.29 is 17.9 Å². The van der Waals surface area contributed by atoms with Crippen LogP contribution in [0.3, 0.4) is 0 Å². The third kappa shape index (κ3) is 3.75. The van der Waals surface area contributed by atoms with Crippen LogP contribution in [0.1, 0.15) is 26.2 Å². The van der Waals surface area contributed by atoms with Gasteiger partial charge in [0, 0.05) is 19.5 Å². The first-order valence-electron chi connectivity index (χ1n) is 5.50. The first kappa shape index (κ1) is 13.4. The lowest BCUT2D eigenvalue weighted by atomic mass is 10.2. The largest absolute Gasteiger partial charge is 0.469 e. The molecule has 0 saturated carbocycles. The fourth-order valence-corrected chi connectivity index (χ4v) is 3.41. The zero-order chi connectivity index (χ0) is 12.2. The van der Waals surface area contributed by atoms with Crippen molar-refractivity contribution in [1.82, 2.24) is 4.31 Å². The summed E-state index contributed by atoms with van der Waals surface area (Å²) in [7, 11) is -1.87. The Balaban J connectivity index is 2.37. The summed E-state index contributed by atoms with van der Waals surface area (Å²) in [5.74, 6) is 0.120. The van der Waals surface area contributed by atoms with Gasteiger partial charge in [0.2, 0.25) is 10.0 Å². The molecule has 0 aromatic rings. The first-order chi connectivity index (χ1) is 7.45. The van der Waals surface area contributed by atoms with Crippen LogP contribution in [0.4, 0.5) is 0 Å². The Bertz CT molecular complexity index is 339. The lowest BCUT2D eigenvalue weighted by Crippen LogP contribution is -2.31. The normalized spacial score (nSPS) is 22.2. The summed E-state index contributed by atoms with van der Waals surface area (Å²) in [6.45, 7) is 3.27. The predicted octanol–water partition coefficient (Wildman–Crippen LogP) is 0.611. The van der Waals surface area contributed by atoms with Crippen molar-refractivity contribution in [1.29, 1.82) is 0 Å². The minimum atomic E-state index is -3.17. The topological polar surface area (TPSA) is 63.7 Å². The molecule has 0 amide bonds. The van der Waals surface area contributed by atoms with E-state index in [1.807, 2.05) is 6.92 Å². The van der Waals surface area contributed by atoms with Gasteiger partial charge in [-0.25, -0.2) is 12.7 Å². The van der Waals surface area contributed by atoms with Crippen LogP contribution in [0.5, 0.6) is 0 Å². The van der Waals surface area contributed by atoms with E-state index in [4.69, 9.17) is 0 Å². The maximum absolute atomic E-state index is 11.8. The maximum atomic E-state index is 11.8. The van der Waals surface area contributed by atoms with E-state index in [2.05, 4.69) is 4.74 Å². The molecule has 16 heavy (non-hydrogen) atoms. The predicted molar refractivity (Wildman–Crippen MR) is 60.4 cm³/mol. The minimum absolute atomic E-state index is 0.0365. The second kappa shape index (κ2) is 5.63. The van der Waals surface area contributed by atoms with Gasteiger partial charge in [-0.05, 0) is 18.8 Å². The zero-order valence-corrected chi connectivity index (χ0v) is 10.6. The molecule has 0 spiro atoms. The molecule has 94 valence electrons. The van der Waals surface area contributed by atoms with Crippen molar-refractivity contribution in [2.45, 2.75) is 26.2 Å². The Morgan fingerprint density at radius 1 is 1.50 bits per heavy atom. The van der Waals surface area contributed by atoms with Gasteiger partial charge in [-0.15, -0.1) is 0 Å². The van der Waals surface area contributed by atoms with Crippen LogP contribution in [-0.4, -0.2) is 44.6 Å². The van der Waals surface area contributed by atoms with Gasteiger partial charge in [-0.2, -0.15) is 0 Å². The molecule has 1 unspecified atom stereocenters. The van der Waals surface area contributed by atoms with Crippen LogP contribution >= 0.6 is 0 Å². The summed E-state index contributed by atoms with van der Waals surface area (Å²) >= 11 is 0. The van der Waals surface area contributed by atoms with E-state index >= 15 is 0 Å². The number of sulfonamides is 1. The molecule has 0 aliphatic carbocycles. The SMILES string of the molecule is COC(=O)CCCS(=O)(=O)N1CCC(C)C1. The molecule has 1 rings (SSSR count). The van der Waals surface area contributed by atoms with Crippen molar-refractivity contribution in [3.8, 4) is 0 Å². The molecule has 1 aliphatic heterocycles. The highest BCUT2D eigenvalue weighted by Gasteiger charge is 2.28. The van der Waals surface area contributed by atoms with E-state index in [1.54, 1.807) is 0 Å². The van der Waals surface area contributed by atoms with Gasteiger partial charge in [0.15, 0.2) is 0 Å². The Morgan fingerprint density at radius 3 is 2.69 bits per heavy atom. The summed E-state index contributed by atoms with van der Waals surface area (Å²) in [6, 6.07) is 0. The number of nitrogens with zero attached hydrogens (tertiary/aromatic N) is 1. The Labute approximate surface area is 96.8 Å². The number of hydrogen-bond donors (Lipinski definition) is 0. The highest BCUT2D eigenvalue weighted by atomic mass is 32.2. The number of ether oxygens (including phenoxy) is 1. The molecule has 0 N–H and O–H groups in total. The summed E-state index contributed by atoms with van der Waals surface area (Å²) in [5, 5.41) is 0. The Morgan fingerprint density at radius 2 is 2.19 bits per heavy atom. The molecular weight excluding hydrogens is 230 g/mol. The van der Waals surface area contributed by atoms with Crippen LogP contribution < -0.4 is 0 Å². The quantitative estimate of drug-likeness (QED) is 0.670. The van der Waals surface area contributed by atoms with Gasteiger partial charge in [0.1, 0.15) is 0 Å². The molecule has 0 bridgehead atoms. The minimum Gasteiger partial charge on any atom is -0.469 e. The number of carbonyl (C=O) groups excluding carboxylic acids is 1. The fourth-order valence-electron chi connectivity index (χ4n) is 1.78. The molecule has 1 fully saturated rings. The monoisotopic (exact) mass is 249 g/mol. The van der Waals surface area contributed by atoms with Crippen molar-refractivity contribution in [3.63, 3.8) is 0 Å². The summed E-state index contributed by atoms with van der Waals surface area (Å²) in [5.41, 5.74) is 0. The Kier molecular flexibility index (Phi) is 4.73. The molecule has 5 nitrogen and oxygen atoms in total. The third-order valence-corrected chi connectivity index (χ3v) is 4.71. The van der Waals surface area contributed by atoms with Crippen LogP contribution in [0.25, 0.3) is 0 Å². The highest BCUT2D eigenvalue weighted by Crippen LogP contribution is 2.19. The van der Waals surface area contributed by atoms with E-state index in [0.29, 0.717) is 25.4 Å². The molecule has 0 aromatic heterocycles. The average molecular weight is 249 g/mol. The van der Waals surface area contributed by atoms with Gasteiger partial charge in [0.25, 0.3) is 0 Å². The molecule has 6 heteroatoms. The molecule has 0 aromatic carbocycles. The van der Waals surface area contributed by atoms with Crippen LogP contribution in [0.15, 0.2) is 0 Å². The number of hydrogen-bond acceptors (Lipinski definition) is 4.